The fourth-order valence-electron chi connectivity index (χ4n) is 3.75. The molecule has 27 heavy (non-hydrogen) atoms. The second kappa shape index (κ2) is 6.87. The number of hydrogen-bond acceptors (Lipinski definition) is 3. The summed E-state index contributed by atoms with van der Waals surface area (Å²) in [6, 6.07) is 13.5. The number of hydrogen-bond donors (Lipinski definition) is 2. The highest BCUT2D eigenvalue weighted by molar-refractivity contribution is 6.00. The first kappa shape index (κ1) is 17.3. The Morgan fingerprint density at radius 3 is 2.59 bits per heavy atom. The molecule has 0 radical (unpaired) electrons. The molecule has 1 saturated heterocycles. The highest BCUT2D eigenvalue weighted by Gasteiger charge is 2.27. The number of carbonyl (C=O) groups excluding carboxylic acids is 3. The lowest BCUT2D eigenvalue weighted by Crippen LogP contribution is -2.37. The summed E-state index contributed by atoms with van der Waals surface area (Å²) < 4.78 is 0. The van der Waals surface area contributed by atoms with Crippen LogP contribution < -0.4 is 10.6 Å². The summed E-state index contributed by atoms with van der Waals surface area (Å²) in [6.07, 6.45) is 1.19. The largest absolute Gasteiger partial charge is 0.352 e. The van der Waals surface area contributed by atoms with Gasteiger partial charge in [-0.25, -0.2) is 0 Å². The molecule has 2 N–H and O–H groups in total. The van der Waals surface area contributed by atoms with Crippen LogP contribution in [0.15, 0.2) is 42.5 Å². The Morgan fingerprint density at radius 2 is 1.85 bits per heavy atom. The van der Waals surface area contributed by atoms with E-state index in [0.717, 1.165) is 28.8 Å². The van der Waals surface area contributed by atoms with Crippen molar-refractivity contribution in [1.29, 1.82) is 0 Å². The number of benzene rings is 2. The first-order chi connectivity index (χ1) is 13.0. The lowest BCUT2D eigenvalue weighted by Gasteiger charge is -2.17. The molecule has 2 aliphatic heterocycles. The van der Waals surface area contributed by atoms with Crippen LogP contribution in [0.3, 0.4) is 0 Å². The molecule has 0 aromatic heterocycles. The van der Waals surface area contributed by atoms with Gasteiger partial charge in [0.05, 0.1) is 6.42 Å². The molecule has 1 unspecified atom stereocenters. The van der Waals surface area contributed by atoms with Crippen LogP contribution in [0.25, 0.3) is 11.1 Å². The van der Waals surface area contributed by atoms with Crippen molar-refractivity contribution in [3.63, 3.8) is 0 Å². The van der Waals surface area contributed by atoms with Crippen molar-refractivity contribution in [2.45, 2.75) is 25.8 Å². The van der Waals surface area contributed by atoms with Crippen molar-refractivity contribution < 1.29 is 14.4 Å². The fraction of sp³-hybridized carbons (Fsp3) is 0.286. The molecule has 2 heterocycles. The second-order valence-electron chi connectivity index (χ2n) is 7.11. The number of amides is 3. The van der Waals surface area contributed by atoms with Gasteiger partial charge in [0.1, 0.15) is 0 Å². The topological polar surface area (TPSA) is 78.5 Å². The molecule has 0 spiro atoms. The summed E-state index contributed by atoms with van der Waals surface area (Å²) in [4.78, 5) is 37.1. The van der Waals surface area contributed by atoms with Crippen molar-refractivity contribution >= 4 is 23.4 Å². The van der Waals surface area contributed by atoms with Gasteiger partial charge in [-0.3, -0.25) is 14.4 Å². The van der Waals surface area contributed by atoms with Gasteiger partial charge in [0.2, 0.25) is 11.8 Å². The van der Waals surface area contributed by atoms with Crippen molar-refractivity contribution in [2.75, 3.05) is 18.4 Å². The summed E-state index contributed by atoms with van der Waals surface area (Å²) in [6.45, 7) is 2.69. The van der Waals surface area contributed by atoms with Gasteiger partial charge in [0.25, 0.3) is 5.91 Å². The van der Waals surface area contributed by atoms with Crippen LogP contribution >= 0.6 is 0 Å². The Bertz CT molecular complexity index is 921. The normalized spacial score (nSPS) is 18.2. The average molecular weight is 363 g/mol. The van der Waals surface area contributed by atoms with Crippen LogP contribution in [0.5, 0.6) is 0 Å². The first-order valence-corrected chi connectivity index (χ1v) is 9.09. The number of carbonyl (C=O) groups is 3. The summed E-state index contributed by atoms with van der Waals surface area (Å²) >= 11 is 0. The molecule has 138 valence electrons. The number of anilines is 1. The molecular formula is C21H21N3O3. The van der Waals surface area contributed by atoms with E-state index in [1.165, 1.54) is 6.92 Å². The molecular weight excluding hydrogens is 342 g/mol. The SMILES string of the molecule is CC(=O)NC1CCN(C(=O)c2ccc(-c3ccc4c(c3)CC(=O)N4)cc2)C1. The van der Waals surface area contributed by atoms with Crippen molar-refractivity contribution in [3.05, 3.63) is 53.6 Å². The molecule has 1 atom stereocenters. The van der Waals surface area contributed by atoms with E-state index in [9.17, 15) is 14.4 Å². The Balaban J connectivity index is 1.47. The molecule has 2 aromatic carbocycles. The zero-order chi connectivity index (χ0) is 19.0. The first-order valence-electron chi connectivity index (χ1n) is 9.09. The summed E-state index contributed by atoms with van der Waals surface area (Å²) in [5.41, 5.74) is 4.54. The molecule has 6 heteroatoms. The van der Waals surface area contributed by atoms with Gasteiger partial charge < -0.3 is 15.5 Å². The number of likely N-dealkylation sites (tertiary alicyclic amines) is 1. The van der Waals surface area contributed by atoms with Gasteiger partial charge in [0.15, 0.2) is 0 Å². The smallest absolute Gasteiger partial charge is 0.253 e. The van der Waals surface area contributed by atoms with Crippen molar-refractivity contribution in [2.24, 2.45) is 0 Å². The molecule has 0 aliphatic carbocycles. The molecule has 2 aromatic rings. The second-order valence-corrected chi connectivity index (χ2v) is 7.11. The van der Waals surface area contributed by atoms with Crippen molar-refractivity contribution in [3.8, 4) is 11.1 Å². The molecule has 6 nitrogen and oxygen atoms in total. The van der Waals surface area contributed by atoms with Crippen LogP contribution in [-0.4, -0.2) is 41.8 Å². The minimum atomic E-state index is -0.0649. The monoisotopic (exact) mass is 363 g/mol. The molecule has 1 fully saturated rings. The zero-order valence-corrected chi connectivity index (χ0v) is 15.1. The van der Waals surface area contributed by atoms with E-state index < -0.39 is 0 Å². The average Bonchev–Trinajstić information content (AvgIpc) is 3.25. The quantitative estimate of drug-likeness (QED) is 0.878. The van der Waals surface area contributed by atoms with Gasteiger partial charge in [0, 0.05) is 37.3 Å². The highest BCUT2D eigenvalue weighted by atomic mass is 16.2. The van der Waals surface area contributed by atoms with Gasteiger partial charge in [-0.05, 0) is 47.4 Å². The van der Waals surface area contributed by atoms with Crippen molar-refractivity contribution in [1.82, 2.24) is 10.2 Å². The van der Waals surface area contributed by atoms with E-state index in [4.69, 9.17) is 0 Å². The summed E-state index contributed by atoms with van der Waals surface area (Å²) in [5, 5.41) is 5.70. The molecule has 4 rings (SSSR count). The van der Waals surface area contributed by atoms with Gasteiger partial charge in [-0.1, -0.05) is 18.2 Å². The highest BCUT2D eigenvalue weighted by Crippen LogP contribution is 2.29. The van der Waals surface area contributed by atoms with Gasteiger partial charge >= 0.3 is 0 Å². The Kier molecular flexibility index (Phi) is 4.39. The van der Waals surface area contributed by atoms with E-state index in [1.807, 2.05) is 42.5 Å². The van der Waals surface area contributed by atoms with Crippen LogP contribution in [0.4, 0.5) is 5.69 Å². The summed E-state index contributed by atoms with van der Waals surface area (Å²) in [7, 11) is 0. The summed E-state index contributed by atoms with van der Waals surface area (Å²) in [5.74, 6) is -0.0608. The zero-order valence-electron chi connectivity index (χ0n) is 15.1. The van der Waals surface area contributed by atoms with Crippen LogP contribution in [-0.2, 0) is 16.0 Å². The third-order valence-corrected chi connectivity index (χ3v) is 5.08. The third-order valence-electron chi connectivity index (χ3n) is 5.08. The van der Waals surface area contributed by atoms with E-state index >= 15 is 0 Å². The maximum atomic E-state index is 12.7. The van der Waals surface area contributed by atoms with E-state index in [2.05, 4.69) is 10.6 Å². The predicted octanol–water partition coefficient (Wildman–Crippen LogP) is 2.20. The number of rotatable bonds is 3. The standard InChI is InChI=1S/C21H21N3O3/c1-13(25)22-18-8-9-24(12-18)21(27)15-4-2-14(3-5-15)16-6-7-19-17(10-16)11-20(26)23-19/h2-7,10,18H,8-9,11-12H2,1H3,(H,22,25)(H,23,26). The molecule has 0 bridgehead atoms. The van der Waals surface area contributed by atoms with E-state index in [0.29, 0.717) is 25.1 Å². The van der Waals surface area contributed by atoms with Gasteiger partial charge in [-0.15, -0.1) is 0 Å². The predicted molar refractivity (Wildman–Crippen MR) is 102 cm³/mol. The Labute approximate surface area is 157 Å². The molecule has 3 amide bonds. The Hall–Kier alpha value is -3.15. The van der Waals surface area contributed by atoms with Gasteiger partial charge in [-0.2, -0.15) is 0 Å². The number of fused-ring (bicyclic) bond motifs is 1. The minimum absolute atomic E-state index is 0.0156. The number of nitrogens with zero attached hydrogens (tertiary/aromatic N) is 1. The van der Waals surface area contributed by atoms with E-state index in [-0.39, 0.29) is 23.8 Å². The van der Waals surface area contributed by atoms with Crippen LogP contribution in [0.1, 0.15) is 29.3 Å². The van der Waals surface area contributed by atoms with Crippen LogP contribution in [0.2, 0.25) is 0 Å². The van der Waals surface area contributed by atoms with E-state index in [1.54, 1.807) is 4.90 Å². The molecule has 0 saturated carbocycles. The minimum Gasteiger partial charge on any atom is -0.352 e. The lowest BCUT2D eigenvalue weighted by molar-refractivity contribution is -0.119. The Morgan fingerprint density at radius 1 is 1.11 bits per heavy atom. The third kappa shape index (κ3) is 3.56. The molecule has 2 aliphatic rings. The van der Waals surface area contributed by atoms with Crippen LogP contribution in [0, 0.1) is 0 Å². The number of nitrogens with one attached hydrogen (secondary N) is 2. The lowest BCUT2D eigenvalue weighted by atomic mass is 10.0. The maximum absolute atomic E-state index is 12.7. The maximum Gasteiger partial charge on any atom is 0.253 e. The fourth-order valence-corrected chi connectivity index (χ4v) is 3.75.